The van der Waals surface area contributed by atoms with Gasteiger partial charge >= 0.3 is 0 Å². The molecular weight excluding hydrogens is 98.1 g/mol. The van der Waals surface area contributed by atoms with Crippen molar-refractivity contribution in [3.63, 3.8) is 0 Å². The number of unbranched alkanes of at least 4 members (excludes halogenated alkanes) is 1. The van der Waals surface area contributed by atoms with Crippen LogP contribution in [0.25, 0.3) is 0 Å². The molecule has 8 heavy (non-hydrogen) atoms. The van der Waals surface area contributed by atoms with Gasteiger partial charge in [0.1, 0.15) is 0 Å². The second-order valence-corrected chi connectivity index (χ2v) is 1.60. The van der Waals surface area contributed by atoms with E-state index in [2.05, 4.69) is 24.2 Å². The van der Waals surface area contributed by atoms with Gasteiger partial charge in [-0.1, -0.05) is 19.3 Å². The van der Waals surface area contributed by atoms with Crippen molar-refractivity contribution < 1.29 is 0 Å². The van der Waals surface area contributed by atoms with E-state index in [-0.39, 0.29) is 0 Å². The third kappa shape index (κ3) is 5.36. The predicted octanol–water partition coefficient (Wildman–Crippen LogP) is 1.37. The lowest BCUT2D eigenvalue weighted by Crippen LogP contribution is -1.97. The van der Waals surface area contributed by atoms with Crippen LogP contribution in [0.5, 0.6) is 0 Å². The average Bonchev–Trinajstić information content (AvgIpc) is 1.81. The molecule has 0 spiro atoms. The van der Waals surface area contributed by atoms with Crippen molar-refractivity contribution in [3.8, 4) is 12.0 Å². The number of nitrogens with zero attached hydrogens (tertiary/aromatic N) is 1. The molecule has 0 rings (SSSR count). The van der Waals surface area contributed by atoms with Gasteiger partial charge in [0.2, 0.25) is 0 Å². The Labute approximate surface area is 51.5 Å². The highest BCUT2D eigenvalue weighted by Crippen LogP contribution is 1.81. The maximum absolute atomic E-state index is 3.92. The Bertz CT molecular complexity index is 86.3. The molecule has 0 aromatic carbocycles. The zero-order valence-corrected chi connectivity index (χ0v) is 5.57. The molecule has 0 saturated heterocycles. The fourth-order valence-electron chi connectivity index (χ4n) is 0.372. The first-order chi connectivity index (χ1) is 3.91. The average molecular weight is 110 g/mol. The van der Waals surface area contributed by atoms with Crippen LogP contribution < -0.4 is 5.32 Å². The van der Waals surface area contributed by atoms with Crippen molar-refractivity contribution in [3.05, 3.63) is 0 Å². The van der Waals surface area contributed by atoms with Gasteiger partial charge in [0.15, 0.2) is 0 Å². The molecule has 0 amide bonds. The van der Waals surface area contributed by atoms with Crippen LogP contribution in [0.1, 0.15) is 26.7 Å². The van der Waals surface area contributed by atoms with Crippen LogP contribution in [0.2, 0.25) is 0 Å². The number of hydrogen-bond acceptors (Lipinski definition) is 0. The molecule has 0 bridgehead atoms. The first-order valence-corrected chi connectivity index (χ1v) is 3.00. The minimum atomic E-state index is 0.900. The van der Waals surface area contributed by atoms with Gasteiger partial charge in [0.25, 0.3) is 0 Å². The van der Waals surface area contributed by atoms with Crippen LogP contribution >= 0.6 is 0 Å². The summed E-state index contributed by atoms with van der Waals surface area (Å²) >= 11 is 0. The van der Waals surface area contributed by atoms with Crippen LogP contribution in [0.3, 0.4) is 0 Å². The molecule has 0 unspecified atom stereocenters. The first kappa shape index (κ1) is 7.36. The molecule has 1 radical (unpaired) electrons. The van der Waals surface area contributed by atoms with Crippen LogP contribution in [-0.2, 0) is 0 Å². The molecule has 0 fully saturated rings. The summed E-state index contributed by atoms with van der Waals surface area (Å²) in [4.78, 5) is 0. The first-order valence-electron chi connectivity index (χ1n) is 3.00. The highest BCUT2D eigenvalue weighted by molar-refractivity contribution is 4.91. The molecule has 0 N–H and O–H groups in total. The minimum Gasteiger partial charge on any atom is -0.236 e. The Morgan fingerprint density at radius 1 is 1.50 bits per heavy atom. The fraction of sp³-hybridized carbons (Fsp3) is 0.714. The summed E-state index contributed by atoms with van der Waals surface area (Å²) in [6.07, 6.45) is 2.36. The second kappa shape index (κ2) is 6.36. The normalized spacial score (nSPS) is 7.25. The molecule has 1 nitrogen and oxygen atoms in total. The molecule has 0 aliphatic carbocycles. The molecule has 1 heteroatoms. The van der Waals surface area contributed by atoms with E-state index in [0.717, 1.165) is 13.0 Å². The smallest absolute Gasteiger partial charge is 0.0490 e. The van der Waals surface area contributed by atoms with E-state index in [4.69, 9.17) is 0 Å². The maximum atomic E-state index is 3.92. The molecule has 0 aromatic rings. The van der Waals surface area contributed by atoms with E-state index in [1.807, 2.05) is 0 Å². The van der Waals surface area contributed by atoms with Crippen molar-refractivity contribution in [2.75, 3.05) is 6.54 Å². The molecular formula is C7H12N. The maximum Gasteiger partial charge on any atom is 0.0490 e. The molecule has 0 saturated carbocycles. The van der Waals surface area contributed by atoms with Crippen LogP contribution in [0.15, 0.2) is 0 Å². The zero-order chi connectivity index (χ0) is 6.24. The van der Waals surface area contributed by atoms with Crippen molar-refractivity contribution in [2.24, 2.45) is 0 Å². The van der Waals surface area contributed by atoms with Crippen molar-refractivity contribution in [2.45, 2.75) is 26.7 Å². The van der Waals surface area contributed by atoms with Gasteiger partial charge in [-0.3, -0.25) is 0 Å². The van der Waals surface area contributed by atoms with E-state index in [1.54, 1.807) is 6.92 Å². The summed E-state index contributed by atoms with van der Waals surface area (Å²) < 4.78 is 0. The third-order valence-electron chi connectivity index (χ3n) is 0.814. The van der Waals surface area contributed by atoms with Crippen LogP contribution in [0.4, 0.5) is 0 Å². The van der Waals surface area contributed by atoms with E-state index in [0.29, 0.717) is 0 Å². The minimum absolute atomic E-state index is 0.900. The molecule has 0 aliphatic rings. The predicted molar refractivity (Wildman–Crippen MR) is 35.4 cm³/mol. The van der Waals surface area contributed by atoms with Gasteiger partial charge in [-0.2, -0.15) is 0 Å². The molecule has 45 valence electrons. The van der Waals surface area contributed by atoms with Crippen molar-refractivity contribution in [1.82, 2.24) is 5.32 Å². The van der Waals surface area contributed by atoms with E-state index in [1.165, 1.54) is 6.42 Å². The van der Waals surface area contributed by atoms with E-state index < -0.39 is 0 Å². The van der Waals surface area contributed by atoms with Crippen molar-refractivity contribution in [1.29, 1.82) is 0 Å². The molecule has 0 heterocycles. The van der Waals surface area contributed by atoms with Gasteiger partial charge in [-0.15, -0.1) is 0 Å². The van der Waals surface area contributed by atoms with Crippen LogP contribution in [0, 0.1) is 12.0 Å². The summed E-state index contributed by atoms with van der Waals surface area (Å²) in [5.74, 6) is 2.71. The van der Waals surface area contributed by atoms with Gasteiger partial charge in [0.05, 0.1) is 0 Å². The van der Waals surface area contributed by atoms with Crippen molar-refractivity contribution >= 4 is 0 Å². The Kier molecular flexibility index (Phi) is 5.85. The van der Waals surface area contributed by atoms with Gasteiger partial charge in [-0.05, 0) is 13.3 Å². The molecule has 0 atom stereocenters. The zero-order valence-electron chi connectivity index (χ0n) is 5.57. The quantitative estimate of drug-likeness (QED) is 0.385. The Morgan fingerprint density at radius 2 is 2.25 bits per heavy atom. The van der Waals surface area contributed by atoms with Gasteiger partial charge < -0.3 is 0 Å². The molecule has 0 aliphatic heterocycles. The fourth-order valence-corrected chi connectivity index (χ4v) is 0.372. The van der Waals surface area contributed by atoms with Crippen LogP contribution in [-0.4, -0.2) is 6.54 Å². The van der Waals surface area contributed by atoms with Gasteiger partial charge in [0, 0.05) is 12.6 Å². The Balaban J connectivity index is 2.79. The van der Waals surface area contributed by atoms with E-state index >= 15 is 0 Å². The summed E-state index contributed by atoms with van der Waals surface area (Å²) in [5, 5.41) is 3.92. The second-order valence-electron chi connectivity index (χ2n) is 1.60. The number of hydrogen-bond donors (Lipinski definition) is 0. The number of rotatable bonds is 3. The summed E-state index contributed by atoms with van der Waals surface area (Å²) in [6.45, 7) is 4.85. The SMILES string of the molecule is CC#C[N]CCCC. The van der Waals surface area contributed by atoms with E-state index in [9.17, 15) is 0 Å². The highest BCUT2D eigenvalue weighted by Gasteiger charge is 1.78. The van der Waals surface area contributed by atoms with Gasteiger partial charge in [-0.25, -0.2) is 5.32 Å². The highest BCUT2D eigenvalue weighted by atomic mass is 14.8. The standard InChI is InChI=1S/C7H12N/c1-3-5-7-8-6-4-2/h3,5,7H2,1-2H3. The Hall–Kier alpha value is -0.640. The summed E-state index contributed by atoms with van der Waals surface area (Å²) in [5.41, 5.74) is 0. The summed E-state index contributed by atoms with van der Waals surface area (Å²) in [7, 11) is 0. The topological polar surface area (TPSA) is 14.1 Å². The lowest BCUT2D eigenvalue weighted by molar-refractivity contribution is 0.739. The third-order valence-corrected chi connectivity index (χ3v) is 0.814. The molecule has 0 aromatic heterocycles. The lowest BCUT2D eigenvalue weighted by Gasteiger charge is -1.87. The monoisotopic (exact) mass is 110 g/mol. The Morgan fingerprint density at radius 3 is 2.75 bits per heavy atom. The lowest BCUT2D eigenvalue weighted by atomic mass is 10.3. The largest absolute Gasteiger partial charge is 0.236 e. The summed E-state index contributed by atoms with van der Waals surface area (Å²) in [6, 6.07) is 2.66.